The zero-order valence-electron chi connectivity index (χ0n) is 9.45. The van der Waals surface area contributed by atoms with E-state index < -0.39 is 0 Å². The van der Waals surface area contributed by atoms with Crippen molar-refractivity contribution in [3.05, 3.63) is 0 Å². The first-order chi connectivity index (χ1) is 6.69. The molecule has 0 heterocycles. The lowest BCUT2D eigenvalue weighted by Gasteiger charge is -2.37. The van der Waals surface area contributed by atoms with E-state index in [1.807, 2.05) is 0 Å². The molecule has 0 aliphatic heterocycles. The fourth-order valence-electron chi connectivity index (χ4n) is 2.32. The zero-order chi connectivity index (χ0) is 10.6. The minimum atomic E-state index is 0.147. The van der Waals surface area contributed by atoms with Crippen molar-refractivity contribution >= 4 is 0 Å². The van der Waals surface area contributed by atoms with Crippen molar-refractivity contribution in [2.75, 3.05) is 20.2 Å². The first kappa shape index (κ1) is 12.0. The molecule has 1 fully saturated rings. The Morgan fingerprint density at radius 1 is 1.36 bits per heavy atom. The van der Waals surface area contributed by atoms with Crippen LogP contribution in [0, 0.1) is 5.92 Å². The monoisotopic (exact) mass is 200 g/mol. The number of aliphatic hydroxyl groups excluding tert-OH is 1. The van der Waals surface area contributed by atoms with Crippen molar-refractivity contribution in [3.8, 4) is 0 Å². The number of hydrogen-bond acceptors (Lipinski definition) is 3. The molecule has 1 aliphatic rings. The second-order valence-corrected chi connectivity index (χ2v) is 4.65. The van der Waals surface area contributed by atoms with E-state index in [1.165, 1.54) is 25.7 Å². The Morgan fingerprint density at radius 2 is 1.93 bits per heavy atom. The largest absolute Gasteiger partial charge is 0.395 e. The van der Waals surface area contributed by atoms with E-state index in [0.29, 0.717) is 12.6 Å². The maximum absolute atomic E-state index is 9.16. The van der Waals surface area contributed by atoms with Crippen LogP contribution < -0.4 is 5.73 Å². The molecule has 3 nitrogen and oxygen atoms in total. The van der Waals surface area contributed by atoms with Crippen LogP contribution >= 0.6 is 0 Å². The van der Waals surface area contributed by atoms with Crippen LogP contribution in [-0.2, 0) is 0 Å². The minimum Gasteiger partial charge on any atom is -0.395 e. The number of aliphatic hydroxyl groups is 1. The Labute approximate surface area is 87.3 Å². The first-order valence-corrected chi connectivity index (χ1v) is 5.71. The second kappa shape index (κ2) is 5.69. The fourth-order valence-corrected chi connectivity index (χ4v) is 2.32. The van der Waals surface area contributed by atoms with Gasteiger partial charge in [-0.25, -0.2) is 0 Å². The SMILES string of the molecule is CC1CCC(N(C)C(CN)CO)CC1. The first-order valence-electron chi connectivity index (χ1n) is 5.71. The zero-order valence-corrected chi connectivity index (χ0v) is 9.45. The van der Waals surface area contributed by atoms with Gasteiger partial charge in [0.1, 0.15) is 0 Å². The minimum absolute atomic E-state index is 0.147. The molecule has 0 spiro atoms. The summed E-state index contributed by atoms with van der Waals surface area (Å²) in [4.78, 5) is 2.27. The van der Waals surface area contributed by atoms with Crippen molar-refractivity contribution in [3.63, 3.8) is 0 Å². The van der Waals surface area contributed by atoms with Gasteiger partial charge in [-0.15, -0.1) is 0 Å². The van der Waals surface area contributed by atoms with Gasteiger partial charge in [-0.3, -0.25) is 4.90 Å². The number of nitrogens with zero attached hydrogens (tertiary/aromatic N) is 1. The van der Waals surface area contributed by atoms with Crippen LogP contribution in [0.15, 0.2) is 0 Å². The molecule has 3 heteroatoms. The quantitative estimate of drug-likeness (QED) is 0.706. The number of nitrogens with two attached hydrogens (primary N) is 1. The molecule has 84 valence electrons. The van der Waals surface area contributed by atoms with E-state index in [9.17, 15) is 0 Å². The molecular formula is C11H24N2O. The highest BCUT2D eigenvalue weighted by molar-refractivity contribution is 4.81. The summed E-state index contributed by atoms with van der Waals surface area (Å²) in [6, 6.07) is 0.778. The molecule has 14 heavy (non-hydrogen) atoms. The Morgan fingerprint density at radius 3 is 2.36 bits per heavy atom. The molecule has 0 amide bonds. The van der Waals surface area contributed by atoms with Crippen LogP contribution in [0.1, 0.15) is 32.6 Å². The Bertz CT molecular complexity index is 151. The Kier molecular flexibility index (Phi) is 4.85. The number of likely N-dealkylation sites (N-methyl/N-ethyl adjacent to an activating group) is 1. The van der Waals surface area contributed by atoms with Gasteiger partial charge in [0.15, 0.2) is 0 Å². The topological polar surface area (TPSA) is 49.5 Å². The lowest BCUT2D eigenvalue weighted by atomic mass is 9.86. The summed E-state index contributed by atoms with van der Waals surface area (Å²) < 4.78 is 0. The van der Waals surface area contributed by atoms with Crippen LogP contribution in [0.3, 0.4) is 0 Å². The summed E-state index contributed by atoms with van der Waals surface area (Å²) >= 11 is 0. The van der Waals surface area contributed by atoms with Gasteiger partial charge in [0.2, 0.25) is 0 Å². The lowest BCUT2D eigenvalue weighted by molar-refractivity contribution is 0.0859. The highest BCUT2D eigenvalue weighted by atomic mass is 16.3. The van der Waals surface area contributed by atoms with Gasteiger partial charge in [-0.2, -0.15) is 0 Å². The molecule has 0 saturated heterocycles. The molecule has 0 aromatic heterocycles. The highest BCUT2D eigenvalue weighted by Gasteiger charge is 2.25. The van der Waals surface area contributed by atoms with Gasteiger partial charge in [0, 0.05) is 18.6 Å². The van der Waals surface area contributed by atoms with E-state index in [2.05, 4.69) is 18.9 Å². The molecule has 1 unspecified atom stereocenters. The van der Waals surface area contributed by atoms with Gasteiger partial charge in [0.25, 0.3) is 0 Å². The number of rotatable bonds is 4. The van der Waals surface area contributed by atoms with Crippen LogP contribution in [-0.4, -0.2) is 42.3 Å². The predicted octanol–water partition coefficient (Wildman–Crippen LogP) is 0.817. The molecule has 1 rings (SSSR count). The van der Waals surface area contributed by atoms with Crippen molar-refractivity contribution in [1.82, 2.24) is 4.90 Å². The Hall–Kier alpha value is -0.120. The third-order valence-electron chi connectivity index (χ3n) is 3.62. The molecule has 1 aliphatic carbocycles. The highest BCUT2D eigenvalue weighted by Crippen LogP contribution is 2.27. The Balaban J connectivity index is 2.39. The van der Waals surface area contributed by atoms with Gasteiger partial charge in [0.05, 0.1) is 6.61 Å². The van der Waals surface area contributed by atoms with E-state index in [0.717, 1.165) is 5.92 Å². The standard InChI is InChI=1S/C11H24N2O/c1-9-3-5-10(6-4-9)13(2)11(7-12)8-14/h9-11,14H,3-8,12H2,1-2H3. The van der Waals surface area contributed by atoms with Crippen LogP contribution in [0.2, 0.25) is 0 Å². The van der Waals surface area contributed by atoms with E-state index >= 15 is 0 Å². The normalized spacial score (nSPS) is 30.6. The predicted molar refractivity (Wildman–Crippen MR) is 59.1 cm³/mol. The molecule has 1 atom stereocenters. The summed E-state index contributed by atoms with van der Waals surface area (Å²) in [5.41, 5.74) is 5.62. The van der Waals surface area contributed by atoms with Crippen molar-refractivity contribution < 1.29 is 5.11 Å². The third-order valence-corrected chi connectivity index (χ3v) is 3.62. The lowest BCUT2D eigenvalue weighted by Crippen LogP contribution is -2.47. The van der Waals surface area contributed by atoms with Gasteiger partial charge < -0.3 is 10.8 Å². The molecular weight excluding hydrogens is 176 g/mol. The van der Waals surface area contributed by atoms with Crippen molar-refractivity contribution in [2.24, 2.45) is 11.7 Å². The summed E-state index contributed by atoms with van der Waals surface area (Å²) in [5, 5.41) is 9.16. The summed E-state index contributed by atoms with van der Waals surface area (Å²) in [6.45, 7) is 3.06. The maximum Gasteiger partial charge on any atom is 0.0599 e. The van der Waals surface area contributed by atoms with Crippen molar-refractivity contribution in [2.45, 2.75) is 44.7 Å². The molecule has 0 aromatic carbocycles. The van der Waals surface area contributed by atoms with Gasteiger partial charge in [-0.1, -0.05) is 6.92 Å². The summed E-state index contributed by atoms with van der Waals surface area (Å²) in [5.74, 6) is 0.880. The average molecular weight is 200 g/mol. The smallest absolute Gasteiger partial charge is 0.0599 e. The third kappa shape index (κ3) is 2.94. The van der Waals surface area contributed by atoms with Crippen LogP contribution in [0.5, 0.6) is 0 Å². The van der Waals surface area contributed by atoms with Gasteiger partial charge in [-0.05, 0) is 38.6 Å². The fraction of sp³-hybridized carbons (Fsp3) is 1.00. The average Bonchev–Trinajstić information content (AvgIpc) is 2.20. The number of hydrogen-bond donors (Lipinski definition) is 2. The molecule has 0 radical (unpaired) electrons. The van der Waals surface area contributed by atoms with Gasteiger partial charge >= 0.3 is 0 Å². The second-order valence-electron chi connectivity index (χ2n) is 4.65. The van der Waals surface area contributed by atoms with Crippen LogP contribution in [0.25, 0.3) is 0 Å². The molecule has 0 aromatic rings. The molecule has 1 saturated carbocycles. The summed E-state index contributed by atoms with van der Waals surface area (Å²) in [6.07, 6.45) is 5.15. The van der Waals surface area contributed by atoms with E-state index in [1.54, 1.807) is 0 Å². The summed E-state index contributed by atoms with van der Waals surface area (Å²) in [7, 11) is 2.09. The molecule has 0 bridgehead atoms. The molecule has 3 N–H and O–H groups in total. The maximum atomic E-state index is 9.16. The van der Waals surface area contributed by atoms with E-state index in [-0.39, 0.29) is 12.6 Å². The van der Waals surface area contributed by atoms with E-state index in [4.69, 9.17) is 10.8 Å². The van der Waals surface area contributed by atoms with Crippen molar-refractivity contribution in [1.29, 1.82) is 0 Å². The van der Waals surface area contributed by atoms with Crippen LogP contribution in [0.4, 0.5) is 0 Å².